The number of thiazole rings is 1. The number of rotatable bonds is 7. The molecule has 1 fully saturated rings. The number of thioether (sulfide) groups is 2. The number of carbonyl (C=O) groups excluding carboxylic acids is 3. The molecule has 0 spiro atoms. The number of nitrogens with two attached hydrogens (primary N) is 1. The lowest BCUT2D eigenvalue weighted by Crippen LogP contribution is -2.71. The smallest absolute Gasteiger partial charge is 0.276 e. The molecule has 4 N–H and O–H groups in total. The van der Waals surface area contributed by atoms with E-state index in [4.69, 9.17) is 5.73 Å². The summed E-state index contributed by atoms with van der Waals surface area (Å²) in [6.07, 6.45) is 1.67. The average molecular weight is 547 g/mol. The molecule has 0 saturated carbocycles. The van der Waals surface area contributed by atoms with Crippen LogP contribution in [0.3, 0.4) is 0 Å². The SMILES string of the molecule is Cc1cc(S/C=C/C2=C(C(=O)[O-])N3C(=O)[C@@H](NC(=O)/C(=N/O)c4csc(N)n4)[C@H]3SC2)cc(C)[n+]1C. The maximum atomic E-state index is 12.9. The monoisotopic (exact) mass is 546 g/mol. The molecule has 188 valence electrons. The molecule has 4 heterocycles. The zero-order valence-electron chi connectivity index (χ0n) is 19.4. The van der Waals surface area contributed by atoms with E-state index >= 15 is 0 Å². The third-order valence-corrected chi connectivity index (χ3v) is 8.55. The molecular formula is C22H22N6O5S3. The highest BCUT2D eigenvalue weighted by Crippen LogP contribution is 2.40. The van der Waals surface area contributed by atoms with E-state index < -0.39 is 34.9 Å². The number of allylic oxidation sites excluding steroid dienone is 1. The lowest BCUT2D eigenvalue weighted by molar-refractivity contribution is -0.684. The van der Waals surface area contributed by atoms with Gasteiger partial charge in [-0.2, -0.15) is 0 Å². The second-order valence-corrected chi connectivity index (χ2v) is 11.0. The highest BCUT2D eigenvalue weighted by molar-refractivity contribution is 8.02. The van der Waals surface area contributed by atoms with Crippen LogP contribution < -0.4 is 20.7 Å². The van der Waals surface area contributed by atoms with Gasteiger partial charge < -0.3 is 26.2 Å². The quantitative estimate of drug-likeness (QED) is 0.109. The number of nitrogens with zero attached hydrogens (tertiary/aromatic N) is 4. The van der Waals surface area contributed by atoms with Crippen LogP contribution in [0.25, 0.3) is 0 Å². The topological polar surface area (TPSA) is 165 Å². The summed E-state index contributed by atoms with van der Waals surface area (Å²) >= 11 is 3.81. The first-order valence-electron chi connectivity index (χ1n) is 10.6. The number of nitrogens with one attached hydrogen (secondary N) is 1. The van der Waals surface area contributed by atoms with E-state index in [-0.39, 0.29) is 16.5 Å². The predicted octanol–water partition coefficient (Wildman–Crippen LogP) is 0.0548. The molecule has 2 aromatic rings. The molecule has 11 nitrogen and oxygen atoms in total. The number of carbonyl (C=O) groups is 3. The average Bonchev–Trinajstić information content (AvgIpc) is 3.26. The normalized spacial score (nSPS) is 19.9. The maximum absolute atomic E-state index is 12.9. The Hall–Kier alpha value is -3.36. The number of aliphatic carboxylic acids is 1. The molecule has 36 heavy (non-hydrogen) atoms. The Morgan fingerprint density at radius 1 is 1.39 bits per heavy atom. The number of oxime groups is 1. The van der Waals surface area contributed by atoms with Crippen LogP contribution in [0.15, 0.2) is 50.3 Å². The fraction of sp³-hybridized carbons (Fsp3) is 0.273. The Morgan fingerprint density at radius 3 is 2.67 bits per heavy atom. The summed E-state index contributed by atoms with van der Waals surface area (Å²) in [5.74, 6) is -2.61. The third kappa shape index (κ3) is 4.83. The van der Waals surface area contributed by atoms with E-state index in [0.29, 0.717) is 11.3 Å². The number of aromatic nitrogens is 2. The lowest BCUT2D eigenvalue weighted by atomic mass is 10.0. The molecule has 0 aliphatic carbocycles. The molecule has 4 rings (SSSR count). The summed E-state index contributed by atoms with van der Waals surface area (Å²) in [5.41, 5.74) is 7.62. The van der Waals surface area contributed by atoms with Gasteiger partial charge in [0.15, 0.2) is 22.2 Å². The number of carboxylic acid groups (broad SMARTS) is 1. The van der Waals surface area contributed by atoms with Gasteiger partial charge in [-0.1, -0.05) is 16.9 Å². The van der Waals surface area contributed by atoms with Gasteiger partial charge in [-0.05, 0) is 17.1 Å². The zero-order chi connectivity index (χ0) is 26.1. The van der Waals surface area contributed by atoms with Gasteiger partial charge in [-0.15, -0.1) is 23.1 Å². The molecule has 0 bridgehead atoms. The van der Waals surface area contributed by atoms with Gasteiger partial charge in [0, 0.05) is 42.0 Å². The number of amides is 2. The second kappa shape index (κ2) is 10.3. The van der Waals surface area contributed by atoms with Gasteiger partial charge in [0.25, 0.3) is 11.8 Å². The van der Waals surface area contributed by atoms with Crippen molar-refractivity contribution in [3.05, 3.63) is 57.3 Å². The summed E-state index contributed by atoms with van der Waals surface area (Å²) in [5, 5.41) is 29.5. The molecule has 2 aromatic heterocycles. The highest BCUT2D eigenvalue weighted by atomic mass is 32.2. The van der Waals surface area contributed by atoms with E-state index in [9.17, 15) is 24.7 Å². The molecule has 0 aromatic carbocycles. The van der Waals surface area contributed by atoms with Gasteiger partial charge in [0.1, 0.15) is 24.2 Å². The Bertz CT molecular complexity index is 1330. The molecular weight excluding hydrogens is 524 g/mol. The molecule has 1 saturated heterocycles. The van der Waals surface area contributed by atoms with Gasteiger partial charge in [-0.25, -0.2) is 9.55 Å². The minimum Gasteiger partial charge on any atom is -0.543 e. The van der Waals surface area contributed by atoms with Crippen molar-refractivity contribution < 1.29 is 29.3 Å². The number of pyridine rings is 1. The van der Waals surface area contributed by atoms with E-state index in [1.165, 1.54) is 28.9 Å². The minimum absolute atomic E-state index is 0.0650. The Labute approximate surface area is 218 Å². The van der Waals surface area contributed by atoms with Crippen LogP contribution >= 0.6 is 34.9 Å². The van der Waals surface area contributed by atoms with Crippen LogP contribution in [-0.4, -0.2) is 55.8 Å². The lowest BCUT2D eigenvalue weighted by Gasteiger charge is -2.50. The van der Waals surface area contributed by atoms with Crippen molar-refractivity contribution in [2.75, 3.05) is 11.5 Å². The van der Waals surface area contributed by atoms with E-state index in [2.05, 4.69) is 20.0 Å². The van der Waals surface area contributed by atoms with E-state index in [1.807, 2.05) is 33.0 Å². The highest BCUT2D eigenvalue weighted by Gasteiger charge is 2.53. The number of hydrogen-bond acceptors (Lipinski definition) is 11. The van der Waals surface area contributed by atoms with Crippen molar-refractivity contribution in [2.45, 2.75) is 30.2 Å². The van der Waals surface area contributed by atoms with Crippen LogP contribution in [0.4, 0.5) is 5.13 Å². The first-order valence-corrected chi connectivity index (χ1v) is 13.4. The van der Waals surface area contributed by atoms with Crippen molar-refractivity contribution in [1.29, 1.82) is 0 Å². The molecule has 0 unspecified atom stereocenters. The van der Waals surface area contributed by atoms with Crippen molar-refractivity contribution in [2.24, 2.45) is 12.2 Å². The number of β-lactam (4-membered cyclic amide) rings is 1. The largest absolute Gasteiger partial charge is 0.543 e. The van der Waals surface area contributed by atoms with Gasteiger partial charge in [0.05, 0.1) is 11.7 Å². The van der Waals surface area contributed by atoms with Crippen LogP contribution in [-0.2, 0) is 21.4 Å². The third-order valence-electron chi connectivity index (χ3n) is 5.79. The molecule has 2 amide bonds. The number of aryl methyl sites for hydroxylation is 2. The van der Waals surface area contributed by atoms with Crippen LogP contribution in [0.1, 0.15) is 17.1 Å². The first-order chi connectivity index (χ1) is 17.1. The number of hydrogen-bond donors (Lipinski definition) is 3. The zero-order valence-corrected chi connectivity index (χ0v) is 21.9. The van der Waals surface area contributed by atoms with Crippen LogP contribution in [0.2, 0.25) is 0 Å². The predicted molar refractivity (Wildman–Crippen MR) is 134 cm³/mol. The van der Waals surface area contributed by atoms with Crippen LogP contribution in [0, 0.1) is 13.8 Å². The molecule has 2 atom stereocenters. The molecule has 14 heteroatoms. The molecule has 2 aliphatic rings. The van der Waals surface area contributed by atoms with Crippen molar-refractivity contribution in [1.82, 2.24) is 15.2 Å². The van der Waals surface area contributed by atoms with Gasteiger partial charge in [-0.3, -0.25) is 14.5 Å². The van der Waals surface area contributed by atoms with Crippen molar-refractivity contribution in [3.63, 3.8) is 0 Å². The summed E-state index contributed by atoms with van der Waals surface area (Å²) in [7, 11) is 1.98. The van der Waals surface area contributed by atoms with E-state index in [0.717, 1.165) is 32.5 Å². The van der Waals surface area contributed by atoms with Gasteiger partial charge in [0.2, 0.25) is 0 Å². The number of carboxylic acids is 1. The fourth-order valence-corrected chi connectivity index (χ4v) is 6.50. The second-order valence-electron chi connectivity index (χ2n) is 8.00. The molecule has 2 aliphatic heterocycles. The van der Waals surface area contributed by atoms with Crippen LogP contribution in [0.5, 0.6) is 0 Å². The summed E-state index contributed by atoms with van der Waals surface area (Å²) in [6, 6.07) is 3.05. The molecule has 0 radical (unpaired) electrons. The maximum Gasteiger partial charge on any atom is 0.276 e. The van der Waals surface area contributed by atoms with Gasteiger partial charge >= 0.3 is 0 Å². The Kier molecular flexibility index (Phi) is 7.38. The standard InChI is InChI=1S/C22H22N6O5S3/c1-10-6-13(7-11(2)27(10)3)34-5-4-12-8-35-20-16(19(30)28(20)17(12)21(31)32)25-18(29)15(26-33)14-9-36-22(23)24-14/h4-7,9,16,20H,8H2,1-3H3,(H4-,23,24,25,29,31,32,33)/b5-4+/t16-,20-/m1/s1. The van der Waals surface area contributed by atoms with E-state index in [1.54, 1.807) is 11.5 Å². The first kappa shape index (κ1) is 25.7. The summed E-state index contributed by atoms with van der Waals surface area (Å²) in [6.45, 7) is 4.00. The summed E-state index contributed by atoms with van der Waals surface area (Å²) in [4.78, 5) is 43.4. The number of nitrogen functional groups attached to an aromatic ring is 1. The Morgan fingerprint density at radius 2 is 2.08 bits per heavy atom. The number of anilines is 1. The number of fused-ring (bicyclic) bond motifs is 1. The van der Waals surface area contributed by atoms with Crippen molar-refractivity contribution >= 4 is 63.5 Å². The summed E-state index contributed by atoms with van der Waals surface area (Å²) < 4.78 is 2.06. The minimum atomic E-state index is -1.47. The van der Waals surface area contributed by atoms with Crippen molar-refractivity contribution in [3.8, 4) is 0 Å². The fourth-order valence-electron chi connectivity index (χ4n) is 3.77. The Balaban J connectivity index is 1.49.